The van der Waals surface area contributed by atoms with Crippen LogP contribution in [-0.4, -0.2) is 322 Å². The first-order chi connectivity index (χ1) is 58.3. The van der Waals surface area contributed by atoms with Crippen LogP contribution >= 0.6 is 0 Å². The van der Waals surface area contributed by atoms with E-state index in [4.69, 9.17) is 0 Å². The van der Waals surface area contributed by atoms with Crippen LogP contribution in [-0.2, 0) is 38.4 Å². The van der Waals surface area contributed by atoms with Gasteiger partial charge >= 0.3 is 0 Å². The number of hydrogen-bond donors (Lipinski definition) is 8. The Morgan fingerprint density at radius 2 is 0.636 bits per heavy atom. The Bertz CT molecular complexity index is 4930. The molecule has 1 unspecified atom stereocenters. The number of carbonyl (C=O) groups excluding carboxylic acids is 8. The first-order valence-corrected chi connectivity index (χ1v) is 41.2. The van der Waals surface area contributed by atoms with E-state index in [1.807, 2.05) is 152 Å². The van der Waals surface area contributed by atoms with Crippen LogP contribution in [0.2, 0.25) is 0 Å². The van der Waals surface area contributed by atoms with E-state index in [2.05, 4.69) is 93.0 Å². The number of piperazine rings is 3. The summed E-state index contributed by atoms with van der Waals surface area (Å²) < 4.78 is 0. The summed E-state index contributed by atoms with van der Waals surface area (Å²) >= 11 is 0. The van der Waals surface area contributed by atoms with E-state index < -0.39 is 96.1 Å². The highest BCUT2D eigenvalue weighted by Gasteiger charge is 2.42. The molecule has 8 aromatic rings. The van der Waals surface area contributed by atoms with Crippen molar-refractivity contribution in [1.29, 1.82) is 0 Å². The number of aliphatic hydroxyl groups excluding tert-OH is 8. The second kappa shape index (κ2) is 43.3. The van der Waals surface area contributed by atoms with Gasteiger partial charge in [0.15, 0.2) is 48.8 Å². The Morgan fingerprint density at radius 1 is 0.306 bits per heavy atom. The molecule has 8 aromatic carbocycles. The number of aliphatic hydroxyl groups is 8. The zero-order chi connectivity index (χ0) is 86.2. The molecule has 0 radical (unpaired) electrons. The maximum Gasteiger partial charge on any atom is 0.254 e. The second-order valence-electron chi connectivity index (χ2n) is 31.1. The summed E-state index contributed by atoms with van der Waals surface area (Å²) in [6, 6.07) is 68.3. The lowest BCUT2D eigenvalue weighted by atomic mass is 9.97. The van der Waals surface area contributed by atoms with Crippen molar-refractivity contribution in [2.75, 3.05) is 161 Å². The number of likely N-dealkylation sites (N-methyl/N-ethyl adjacent to an activating group) is 2. The molecule has 0 saturated carbocycles. The van der Waals surface area contributed by atoms with Crippen LogP contribution in [0.3, 0.4) is 0 Å². The Morgan fingerprint density at radius 3 is 1.07 bits per heavy atom. The summed E-state index contributed by atoms with van der Waals surface area (Å²) in [5.74, 6) is 7.76. The van der Waals surface area contributed by atoms with Crippen LogP contribution in [0.15, 0.2) is 206 Å². The summed E-state index contributed by atoms with van der Waals surface area (Å²) in [7, 11) is 5.84. The van der Waals surface area contributed by atoms with Crippen molar-refractivity contribution in [1.82, 2.24) is 39.2 Å². The van der Waals surface area contributed by atoms with Gasteiger partial charge in [-0.25, -0.2) is 0 Å². The molecule has 0 aliphatic carbocycles. The number of fused-ring (bicyclic) bond motifs is 1. The van der Waals surface area contributed by atoms with Crippen molar-refractivity contribution < 1.29 is 79.2 Å². The smallest absolute Gasteiger partial charge is 0.254 e. The molecule has 6 aliphatic heterocycles. The summed E-state index contributed by atoms with van der Waals surface area (Å²) in [4.78, 5) is 116. The summed E-state index contributed by atoms with van der Waals surface area (Å²) in [6.07, 6.45) is -9.57. The van der Waals surface area contributed by atoms with Crippen LogP contribution in [0.1, 0.15) is 65.8 Å². The Hall–Kier alpha value is -12.0. The van der Waals surface area contributed by atoms with Crippen molar-refractivity contribution in [3.8, 4) is 34.8 Å². The number of rotatable bonds is 17. The van der Waals surface area contributed by atoms with Gasteiger partial charge in [-0.3, -0.25) is 38.4 Å². The predicted octanol–water partition coefficient (Wildman–Crippen LogP) is 3.94. The molecule has 0 bridgehead atoms. The summed E-state index contributed by atoms with van der Waals surface area (Å²) in [5, 5.41) is 83.4. The highest BCUT2D eigenvalue weighted by molar-refractivity contribution is 5.96. The van der Waals surface area contributed by atoms with Crippen molar-refractivity contribution in [3.05, 3.63) is 234 Å². The van der Waals surface area contributed by atoms with Crippen molar-refractivity contribution in [2.45, 2.75) is 86.9 Å². The summed E-state index contributed by atoms with van der Waals surface area (Å²) in [5.41, 5.74) is 10.4. The standard InChI is InChI=1S/C24H29N3O4.C24H27N3O4.C24H26N2O4.C22H27N3O4/c28-21(23(30)26-11-4-5-12-26)22(29)24(31)27-15-13-25(14-16-27)20-10-6-9-19(17-20)18-7-2-1-3-8-18;1-25(2)23(30)21(28)22(29)24(31)27-16-14-26(15-17-27)20-12-10-19(11-13-20)9-8-18-6-4-3-5-7-18;1-25(2)23(29)21(27)22(28)24(30)26-15-14-20(16-26)19-12-10-18(11-13-19)9-8-17-6-4-3-5-7-17;26-19(21(28)24-10-3-4-11-24)20(27)22(29)25-14-12-23(13-15-25)18-9-5-7-16-6-1-2-8-17(16)18/h1-3,6-10,17,21-22,28-29H,4-5,11-16H2;3-7,10-13,21-22,28-29H,14-17H2,1-2H3;3-7,10-13,20-22,27-28H,14-16H2,1-2H3;1-2,5-9,19-20,26-27H,3-4,10-15H2/t2*21-,22-;20?,21-,22-;19-,20-/m1111/s1. The minimum atomic E-state index is -1.76. The molecule has 121 heavy (non-hydrogen) atoms. The van der Waals surface area contributed by atoms with Gasteiger partial charge in [-0.15, -0.1) is 0 Å². The maximum absolute atomic E-state index is 12.7. The molecule has 0 spiro atoms. The Kier molecular flexibility index (Phi) is 32.1. The van der Waals surface area contributed by atoms with Crippen LogP contribution in [0.25, 0.3) is 21.9 Å². The molecule has 6 heterocycles. The SMILES string of the molecule is CN(C)C(=O)[C@H](O)[C@@H](O)C(=O)N1CCC(c2ccc(C#Cc3ccccc3)cc2)C1.CN(C)C(=O)[C@H](O)[C@@H](O)C(=O)N1CCN(c2ccc(C#Cc3ccccc3)cc2)CC1.O=C([C@H](O)[C@@H](O)C(=O)N1CCN(c2cccc(-c3ccccc3)c2)CC1)N1CCCC1.O=C([C@H](O)[C@@H](O)C(=O)N1CCN(c2cccc3ccccc23)CC1)N1CCCC1. The molecule has 27 nitrogen and oxygen atoms in total. The Balaban J connectivity index is 0.000000158. The largest absolute Gasteiger partial charge is 0.380 e. The molecule has 27 heteroatoms. The molecule has 8 amide bonds. The zero-order valence-electron chi connectivity index (χ0n) is 68.9. The highest BCUT2D eigenvalue weighted by Crippen LogP contribution is 2.32. The van der Waals surface area contributed by atoms with E-state index >= 15 is 0 Å². The first-order valence-electron chi connectivity index (χ1n) is 41.2. The fraction of sp³-hybridized carbons (Fsp3) is 0.383. The van der Waals surface area contributed by atoms with Gasteiger partial charge in [0, 0.05) is 197 Å². The molecule has 8 N–H and O–H groups in total. The number of anilines is 3. The molecule has 636 valence electrons. The van der Waals surface area contributed by atoms with Crippen LogP contribution in [0, 0.1) is 23.7 Å². The number of nitrogens with zero attached hydrogens (tertiary/aromatic N) is 11. The van der Waals surface area contributed by atoms with E-state index in [0.29, 0.717) is 118 Å². The van der Waals surface area contributed by atoms with Gasteiger partial charge in [-0.1, -0.05) is 151 Å². The third kappa shape index (κ3) is 23.7. The van der Waals surface area contributed by atoms with E-state index in [1.54, 1.807) is 0 Å². The average Bonchev–Trinajstić information content (AvgIpc) is 1.51. The molecule has 6 aliphatic rings. The molecule has 14 rings (SSSR count). The van der Waals surface area contributed by atoms with Gasteiger partial charge in [0.1, 0.15) is 0 Å². The van der Waals surface area contributed by atoms with Crippen molar-refractivity contribution in [2.24, 2.45) is 0 Å². The van der Waals surface area contributed by atoms with Gasteiger partial charge in [-0.2, -0.15) is 0 Å². The number of likely N-dealkylation sites (tertiary alicyclic amines) is 3. The molecule has 0 aromatic heterocycles. The van der Waals surface area contributed by atoms with Crippen LogP contribution < -0.4 is 14.7 Å². The topological polar surface area (TPSA) is 334 Å². The minimum Gasteiger partial charge on any atom is -0.380 e. The minimum absolute atomic E-state index is 0.138. The fourth-order valence-corrected chi connectivity index (χ4v) is 15.3. The number of amides is 8. The third-order valence-corrected chi connectivity index (χ3v) is 22.5. The first kappa shape index (κ1) is 89.8. The Labute approximate surface area is 706 Å². The zero-order valence-corrected chi connectivity index (χ0v) is 68.9. The molecule has 6 saturated heterocycles. The second-order valence-corrected chi connectivity index (χ2v) is 31.1. The van der Waals surface area contributed by atoms with Crippen molar-refractivity contribution in [3.63, 3.8) is 0 Å². The number of carbonyl (C=O) groups is 8. The highest BCUT2D eigenvalue weighted by atomic mass is 16.4. The van der Waals surface area contributed by atoms with E-state index in [0.717, 1.165) is 97.9 Å². The summed E-state index contributed by atoms with van der Waals surface area (Å²) in [6.45, 7) is 9.37. The molecular formula is C94H109N11O16. The van der Waals surface area contributed by atoms with Gasteiger partial charge < -0.3 is 94.8 Å². The number of hydrogen-bond acceptors (Lipinski definition) is 19. The van der Waals surface area contributed by atoms with Crippen molar-refractivity contribution >= 4 is 75.1 Å². The van der Waals surface area contributed by atoms with E-state index in [1.165, 1.54) is 68.4 Å². The quantitative estimate of drug-likeness (QED) is 0.0599. The van der Waals surface area contributed by atoms with Crippen LogP contribution in [0.4, 0.5) is 17.1 Å². The molecular weight excluding hydrogens is 1540 g/mol. The lowest BCUT2D eigenvalue weighted by Crippen LogP contribution is -2.56. The van der Waals surface area contributed by atoms with Crippen LogP contribution in [0.5, 0.6) is 0 Å². The molecule has 9 atom stereocenters. The van der Waals surface area contributed by atoms with E-state index in [9.17, 15) is 79.2 Å². The third-order valence-electron chi connectivity index (χ3n) is 22.5. The lowest BCUT2D eigenvalue weighted by Gasteiger charge is -2.38. The normalized spacial score (nSPS) is 17.8. The lowest BCUT2D eigenvalue weighted by molar-refractivity contribution is -0.157. The monoisotopic (exact) mass is 1650 g/mol. The number of benzene rings is 8. The molecule has 6 fully saturated rings. The van der Waals surface area contributed by atoms with Gasteiger partial charge in [0.25, 0.3) is 47.3 Å². The van der Waals surface area contributed by atoms with Gasteiger partial charge in [0.05, 0.1) is 0 Å². The van der Waals surface area contributed by atoms with E-state index in [-0.39, 0.29) is 5.92 Å². The predicted molar refractivity (Wildman–Crippen MR) is 461 cm³/mol. The fourth-order valence-electron chi connectivity index (χ4n) is 15.3. The van der Waals surface area contributed by atoms with Gasteiger partial charge in [0.2, 0.25) is 0 Å². The van der Waals surface area contributed by atoms with Gasteiger partial charge in [-0.05, 0) is 133 Å². The average molecular weight is 1650 g/mol. The maximum atomic E-state index is 12.7.